The summed E-state index contributed by atoms with van der Waals surface area (Å²) in [4.78, 5) is 26.3. The van der Waals surface area contributed by atoms with Crippen LogP contribution in [0, 0.1) is 5.82 Å². The van der Waals surface area contributed by atoms with E-state index in [0.717, 1.165) is 16.7 Å². The van der Waals surface area contributed by atoms with Crippen LogP contribution in [-0.4, -0.2) is 36.3 Å². The van der Waals surface area contributed by atoms with E-state index in [2.05, 4.69) is 0 Å². The van der Waals surface area contributed by atoms with Crippen molar-refractivity contribution in [3.05, 3.63) is 77.1 Å². The highest BCUT2D eigenvalue weighted by molar-refractivity contribution is 8.18. The zero-order valence-corrected chi connectivity index (χ0v) is 17.4. The first kappa shape index (κ1) is 20.7. The number of nitrogens with zero attached hydrogens (tertiary/aromatic N) is 1. The van der Waals surface area contributed by atoms with Crippen LogP contribution < -0.4 is 9.47 Å². The molecule has 0 spiro atoms. The number of benzene rings is 2. The van der Waals surface area contributed by atoms with Crippen molar-refractivity contribution in [2.24, 2.45) is 0 Å². The maximum absolute atomic E-state index is 13.1. The lowest BCUT2D eigenvalue weighted by molar-refractivity contribution is -0.123. The van der Waals surface area contributed by atoms with Crippen LogP contribution in [0.25, 0.3) is 17.4 Å². The summed E-state index contributed by atoms with van der Waals surface area (Å²) in [6, 6.07) is 16.5. The van der Waals surface area contributed by atoms with E-state index in [1.807, 2.05) is 12.1 Å². The molecule has 0 atom stereocenters. The fourth-order valence-electron chi connectivity index (χ4n) is 3.01. The Balaban J connectivity index is 1.41. The van der Waals surface area contributed by atoms with Gasteiger partial charge in [0.05, 0.1) is 18.6 Å². The largest absolute Gasteiger partial charge is 0.493 e. The average molecular weight is 439 g/mol. The standard InChI is InChI=1S/C23H18FNO5S/c1-28-19-4-2-3-5-20(19)29-13-12-25-22(26)21(31-23(25)27)14-17-10-11-18(30-17)15-6-8-16(24)9-7-15/h2-11,14H,12-13H2,1H3/b21-14-. The van der Waals surface area contributed by atoms with E-state index in [0.29, 0.717) is 28.6 Å². The van der Waals surface area contributed by atoms with Crippen molar-refractivity contribution in [2.45, 2.75) is 0 Å². The monoisotopic (exact) mass is 439 g/mol. The summed E-state index contributed by atoms with van der Waals surface area (Å²) in [7, 11) is 1.54. The van der Waals surface area contributed by atoms with Gasteiger partial charge in [-0.2, -0.15) is 0 Å². The van der Waals surface area contributed by atoms with Gasteiger partial charge >= 0.3 is 0 Å². The fourth-order valence-corrected chi connectivity index (χ4v) is 3.85. The number of thioether (sulfide) groups is 1. The van der Waals surface area contributed by atoms with Gasteiger partial charge < -0.3 is 13.9 Å². The minimum Gasteiger partial charge on any atom is -0.493 e. The molecule has 1 saturated heterocycles. The predicted molar refractivity (Wildman–Crippen MR) is 115 cm³/mol. The van der Waals surface area contributed by atoms with E-state index in [1.165, 1.54) is 18.2 Å². The Morgan fingerprint density at radius 3 is 2.52 bits per heavy atom. The first-order chi connectivity index (χ1) is 15.0. The highest BCUT2D eigenvalue weighted by Crippen LogP contribution is 2.33. The van der Waals surface area contributed by atoms with Gasteiger partial charge in [0.15, 0.2) is 11.5 Å². The average Bonchev–Trinajstić information content (AvgIpc) is 3.34. The summed E-state index contributed by atoms with van der Waals surface area (Å²) >= 11 is 0.846. The molecule has 0 aliphatic carbocycles. The summed E-state index contributed by atoms with van der Waals surface area (Å²) in [5.41, 5.74) is 0.711. The number of carbonyl (C=O) groups excluding carboxylic acids is 2. The van der Waals surface area contributed by atoms with Crippen LogP contribution >= 0.6 is 11.8 Å². The molecule has 0 bridgehead atoms. The normalized spacial score (nSPS) is 15.0. The molecule has 0 unspecified atom stereocenters. The van der Waals surface area contributed by atoms with Gasteiger partial charge in [0.1, 0.15) is 23.9 Å². The quantitative estimate of drug-likeness (QED) is 0.471. The number of methoxy groups -OCH3 is 1. The Labute approximate surface area is 182 Å². The second kappa shape index (κ2) is 9.09. The minimum absolute atomic E-state index is 0.110. The zero-order valence-electron chi connectivity index (χ0n) is 16.5. The molecule has 2 aromatic carbocycles. The maximum Gasteiger partial charge on any atom is 0.293 e. The Hall–Kier alpha value is -3.52. The van der Waals surface area contributed by atoms with Gasteiger partial charge in [0, 0.05) is 11.6 Å². The van der Waals surface area contributed by atoms with Crippen LogP contribution in [0.2, 0.25) is 0 Å². The topological polar surface area (TPSA) is 69.0 Å². The number of amides is 2. The maximum atomic E-state index is 13.1. The molecule has 2 heterocycles. The number of hydrogen-bond acceptors (Lipinski definition) is 6. The molecule has 1 aromatic heterocycles. The lowest BCUT2D eigenvalue weighted by atomic mass is 10.2. The van der Waals surface area contributed by atoms with E-state index in [-0.39, 0.29) is 29.1 Å². The molecular weight excluding hydrogens is 421 g/mol. The number of carbonyl (C=O) groups is 2. The molecule has 1 aliphatic heterocycles. The number of halogens is 1. The van der Waals surface area contributed by atoms with E-state index in [9.17, 15) is 14.0 Å². The number of furan rings is 1. The third-order valence-electron chi connectivity index (χ3n) is 4.54. The second-order valence-electron chi connectivity index (χ2n) is 6.54. The molecule has 6 nitrogen and oxygen atoms in total. The lowest BCUT2D eigenvalue weighted by Gasteiger charge is -2.14. The van der Waals surface area contributed by atoms with Crippen LogP contribution in [0.15, 0.2) is 70.0 Å². The summed E-state index contributed by atoms with van der Waals surface area (Å²) in [6.07, 6.45) is 1.53. The van der Waals surface area contributed by atoms with Gasteiger partial charge in [0.2, 0.25) is 0 Å². The molecule has 3 aromatic rings. The van der Waals surface area contributed by atoms with E-state index >= 15 is 0 Å². The van der Waals surface area contributed by atoms with Crippen LogP contribution in [-0.2, 0) is 4.79 Å². The van der Waals surface area contributed by atoms with Crippen molar-refractivity contribution in [1.29, 1.82) is 0 Å². The number of hydrogen-bond donors (Lipinski definition) is 0. The van der Waals surface area contributed by atoms with E-state index in [1.54, 1.807) is 43.5 Å². The Morgan fingerprint density at radius 1 is 1.03 bits per heavy atom. The third-order valence-corrected chi connectivity index (χ3v) is 5.45. The van der Waals surface area contributed by atoms with Crippen molar-refractivity contribution in [3.8, 4) is 22.8 Å². The Morgan fingerprint density at radius 2 is 1.77 bits per heavy atom. The molecule has 4 rings (SSSR count). The number of ether oxygens (including phenoxy) is 2. The summed E-state index contributed by atoms with van der Waals surface area (Å²) in [5.74, 6) is 1.34. The van der Waals surface area contributed by atoms with Crippen LogP contribution in [0.3, 0.4) is 0 Å². The van der Waals surface area contributed by atoms with Crippen LogP contribution in [0.5, 0.6) is 11.5 Å². The SMILES string of the molecule is COc1ccccc1OCCN1C(=O)S/C(=C\c2ccc(-c3ccc(F)cc3)o2)C1=O. The molecule has 0 saturated carbocycles. The van der Waals surface area contributed by atoms with Gasteiger partial charge in [0.25, 0.3) is 11.1 Å². The van der Waals surface area contributed by atoms with Gasteiger partial charge in [-0.1, -0.05) is 12.1 Å². The van der Waals surface area contributed by atoms with Gasteiger partial charge in [-0.25, -0.2) is 4.39 Å². The van der Waals surface area contributed by atoms with E-state index < -0.39 is 5.91 Å². The number of rotatable bonds is 7. The fraction of sp³-hybridized carbons (Fsp3) is 0.130. The van der Waals surface area contributed by atoms with Crippen molar-refractivity contribution < 1.29 is 27.9 Å². The Kier molecular flexibility index (Phi) is 6.08. The molecular formula is C23H18FNO5S. The molecule has 31 heavy (non-hydrogen) atoms. The highest BCUT2D eigenvalue weighted by atomic mass is 32.2. The van der Waals surface area contributed by atoms with Gasteiger partial charge in [-0.05, 0) is 60.3 Å². The first-order valence-corrected chi connectivity index (χ1v) is 10.2. The molecule has 0 N–H and O–H groups in total. The van der Waals surface area contributed by atoms with Gasteiger partial charge in [-0.3, -0.25) is 14.5 Å². The molecule has 0 radical (unpaired) electrons. The predicted octanol–water partition coefficient (Wildman–Crippen LogP) is 5.21. The molecule has 2 amide bonds. The summed E-state index contributed by atoms with van der Waals surface area (Å²) in [6.45, 7) is 0.250. The van der Waals surface area contributed by atoms with Crippen molar-refractivity contribution >= 4 is 29.0 Å². The highest BCUT2D eigenvalue weighted by Gasteiger charge is 2.35. The zero-order chi connectivity index (χ0) is 21.8. The molecule has 1 aliphatic rings. The van der Waals surface area contributed by atoms with Crippen LogP contribution in [0.4, 0.5) is 9.18 Å². The van der Waals surface area contributed by atoms with Crippen molar-refractivity contribution in [1.82, 2.24) is 4.90 Å². The minimum atomic E-state index is -0.404. The number of para-hydroxylation sites is 2. The molecule has 8 heteroatoms. The van der Waals surface area contributed by atoms with E-state index in [4.69, 9.17) is 13.9 Å². The van der Waals surface area contributed by atoms with Crippen LogP contribution in [0.1, 0.15) is 5.76 Å². The van der Waals surface area contributed by atoms with Gasteiger partial charge in [-0.15, -0.1) is 0 Å². The smallest absolute Gasteiger partial charge is 0.293 e. The second-order valence-corrected chi connectivity index (χ2v) is 7.53. The number of imide groups is 1. The third kappa shape index (κ3) is 4.64. The summed E-state index contributed by atoms with van der Waals surface area (Å²) in [5, 5.41) is -0.370. The lowest BCUT2D eigenvalue weighted by Crippen LogP contribution is -2.32. The van der Waals surface area contributed by atoms with Crippen molar-refractivity contribution in [2.75, 3.05) is 20.3 Å². The summed E-state index contributed by atoms with van der Waals surface area (Å²) < 4.78 is 29.7. The Bertz CT molecular complexity index is 1140. The van der Waals surface area contributed by atoms with Crippen molar-refractivity contribution in [3.63, 3.8) is 0 Å². The molecule has 158 valence electrons. The molecule has 1 fully saturated rings. The first-order valence-electron chi connectivity index (χ1n) is 9.42.